The summed E-state index contributed by atoms with van der Waals surface area (Å²) >= 11 is 1.64. The molecule has 3 rings (SSSR count). The van der Waals surface area contributed by atoms with Crippen LogP contribution in [0.1, 0.15) is 5.56 Å². The summed E-state index contributed by atoms with van der Waals surface area (Å²) in [5, 5.41) is 1.73. The van der Waals surface area contributed by atoms with Crippen molar-refractivity contribution in [2.75, 3.05) is 24.6 Å². The van der Waals surface area contributed by atoms with Gasteiger partial charge >= 0.3 is 0 Å². The Morgan fingerprint density at radius 3 is 2.48 bits per heavy atom. The highest BCUT2D eigenvalue weighted by molar-refractivity contribution is 7.98. The monoisotopic (exact) mass is 436 g/mol. The Balaban J connectivity index is 1.63. The number of hydrazine groups is 1. The maximum atomic E-state index is 12.8. The highest BCUT2D eigenvalue weighted by atomic mass is 32.2. The summed E-state index contributed by atoms with van der Waals surface area (Å²) in [6.45, 7) is 0.550. The average molecular weight is 437 g/mol. The van der Waals surface area contributed by atoms with Crippen LogP contribution in [0.5, 0.6) is 5.75 Å². The second-order valence-corrected chi connectivity index (χ2v) is 9.18. The number of anilines is 1. The second-order valence-electron chi connectivity index (χ2n) is 6.49. The number of rotatable bonds is 8. The maximum Gasteiger partial charge on any atom is 0.250 e. The van der Waals surface area contributed by atoms with Gasteiger partial charge in [-0.05, 0) is 48.2 Å². The van der Waals surface area contributed by atoms with E-state index in [0.717, 1.165) is 10.5 Å². The molecular weight excluding hydrogens is 412 g/mol. The molecule has 0 radical (unpaired) electrons. The summed E-state index contributed by atoms with van der Waals surface area (Å²) in [6, 6.07) is 14.4. The number of ether oxygens (including phenoxy) is 1. The molecule has 2 aromatic carbocycles. The lowest BCUT2D eigenvalue weighted by molar-refractivity contribution is -0.124. The lowest BCUT2D eigenvalue weighted by Gasteiger charge is -2.19. The molecule has 1 saturated heterocycles. The molecule has 10 heteroatoms. The standard InChI is InChI=1S/C19H24N4O4S2/c1-27-15-7-5-14(6-8-15)23-29(25,26)19-17(12-21-22-19)18(24)20-11-13-3-9-16(28-2)10-4-13/h3-10,17,19,21-23H,11-12H2,1-2H3,(H,20,24). The Morgan fingerprint density at radius 1 is 1.17 bits per heavy atom. The van der Waals surface area contributed by atoms with Gasteiger partial charge in [-0.15, -0.1) is 11.8 Å². The summed E-state index contributed by atoms with van der Waals surface area (Å²) in [7, 11) is -2.31. The van der Waals surface area contributed by atoms with E-state index in [-0.39, 0.29) is 12.5 Å². The van der Waals surface area contributed by atoms with Crippen LogP contribution in [-0.4, -0.2) is 39.6 Å². The predicted molar refractivity (Wildman–Crippen MR) is 114 cm³/mol. The molecule has 2 unspecified atom stereocenters. The first-order chi connectivity index (χ1) is 13.9. The van der Waals surface area contributed by atoms with Crippen LogP contribution < -0.4 is 25.6 Å². The predicted octanol–water partition coefficient (Wildman–Crippen LogP) is 1.53. The van der Waals surface area contributed by atoms with Crippen molar-refractivity contribution in [2.45, 2.75) is 16.8 Å². The van der Waals surface area contributed by atoms with Crippen LogP contribution in [0.3, 0.4) is 0 Å². The molecule has 0 aromatic heterocycles. The maximum absolute atomic E-state index is 12.8. The first-order valence-electron chi connectivity index (χ1n) is 8.97. The zero-order valence-electron chi connectivity index (χ0n) is 16.1. The number of nitrogens with one attached hydrogen (secondary N) is 4. The van der Waals surface area contributed by atoms with Crippen LogP contribution in [0.2, 0.25) is 0 Å². The number of carbonyl (C=O) groups excluding carboxylic acids is 1. The molecule has 4 N–H and O–H groups in total. The SMILES string of the molecule is COc1ccc(NS(=O)(=O)C2NNCC2C(=O)NCc2ccc(SC)cc2)cc1. The number of thioether (sulfide) groups is 1. The van der Waals surface area contributed by atoms with E-state index in [4.69, 9.17) is 4.74 Å². The number of methoxy groups -OCH3 is 1. The molecule has 8 nitrogen and oxygen atoms in total. The molecule has 156 valence electrons. The summed E-state index contributed by atoms with van der Waals surface area (Å²) in [5.41, 5.74) is 6.81. The Kier molecular flexibility index (Phi) is 7.01. The van der Waals surface area contributed by atoms with Crippen molar-refractivity contribution >= 4 is 33.4 Å². The highest BCUT2D eigenvalue weighted by Crippen LogP contribution is 2.21. The third kappa shape index (κ3) is 5.41. The van der Waals surface area contributed by atoms with E-state index in [1.165, 1.54) is 7.11 Å². The molecule has 2 atom stereocenters. The van der Waals surface area contributed by atoms with Crippen molar-refractivity contribution in [2.24, 2.45) is 5.92 Å². The number of carbonyl (C=O) groups is 1. The van der Waals surface area contributed by atoms with Crippen LogP contribution in [-0.2, 0) is 21.4 Å². The van der Waals surface area contributed by atoms with Gasteiger partial charge in [0, 0.05) is 23.7 Å². The van der Waals surface area contributed by atoms with Crippen LogP contribution in [0, 0.1) is 5.92 Å². The summed E-state index contributed by atoms with van der Waals surface area (Å²) < 4.78 is 33.2. The van der Waals surface area contributed by atoms with E-state index < -0.39 is 21.3 Å². The molecule has 0 bridgehead atoms. The average Bonchev–Trinajstić information content (AvgIpc) is 3.24. The molecule has 1 heterocycles. The molecule has 0 spiro atoms. The number of amides is 1. The number of sulfonamides is 1. The van der Waals surface area contributed by atoms with E-state index in [1.54, 1.807) is 36.0 Å². The molecule has 1 fully saturated rings. The van der Waals surface area contributed by atoms with Gasteiger partial charge in [-0.1, -0.05) is 12.1 Å². The normalized spacial score (nSPS) is 19.0. The minimum atomic E-state index is -3.85. The van der Waals surface area contributed by atoms with Crippen LogP contribution in [0.25, 0.3) is 0 Å². The molecular formula is C19H24N4O4S2. The van der Waals surface area contributed by atoms with Gasteiger partial charge in [0.15, 0.2) is 5.37 Å². The largest absolute Gasteiger partial charge is 0.497 e. The Hall–Kier alpha value is -2.27. The first-order valence-corrected chi connectivity index (χ1v) is 11.7. The lowest BCUT2D eigenvalue weighted by Crippen LogP contribution is -2.46. The van der Waals surface area contributed by atoms with E-state index in [9.17, 15) is 13.2 Å². The Labute approximate surface area is 174 Å². The Morgan fingerprint density at radius 2 is 1.86 bits per heavy atom. The fourth-order valence-corrected chi connectivity index (χ4v) is 4.84. The number of hydrogen-bond acceptors (Lipinski definition) is 7. The fourth-order valence-electron chi connectivity index (χ4n) is 2.95. The minimum absolute atomic E-state index is 0.214. The molecule has 0 aliphatic carbocycles. The molecule has 1 aliphatic heterocycles. The van der Waals surface area contributed by atoms with Crippen molar-refractivity contribution in [3.63, 3.8) is 0 Å². The third-order valence-corrected chi connectivity index (χ3v) is 6.96. The molecule has 1 amide bonds. The molecule has 29 heavy (non-hydrogen) atoms. The smallest absolute Gasteiger partial charge is 0.250 e. The van der Waals surface area contributed by atoms with Gasteiger partial charge in [0.1, 0.15) is 5.75 Å². The van der Waals surface area contributed by atoms with Gasteiger partial charge in [-0.25, -0.2) is 13.8 Å². The number of hydrogen-bond donors (Lipinski definition) is 4. The summed E-state index contributed by atoms with van der Waals surface area (Å²) in [5.74, 6) is -0.478. The quantitative estimate of drug-likeness (QED) is 0.465. The van der Waals surface area contributed by atoms with Gasteiger partial charge in [0.25, 0.3) is 10.0 Å². The van der Waals surface area contributed by atoms with Gasteiger partial charge in [0.2, 0.25) is 5.91 Å². The summed E-state index contributed by atoms with van der Waals surface area (Å²) in [4.78, 5) is 13.8. The minimum Gasteiger partial charge on any atom is -0.497 e. The van der Waals surface area contributed by atoms with Gasteiger partial charge in [-0.2, -0.15) is 0 Å². The van der Waals surface area contributed by atoms with Crippen molar-refractivity contribution in [3.8, 4) is 5.75 Å². The van der Waals surface area contributed by atoms with Crippen LogP contribution in [0.4, 0.5) is 5.69 Å². The first kappa shape index (κ1) is 21.4. The van der Waals surface area contributed by atoms with Gasteiger partial charge in [-0.3, -0.25) is 14.9 Å². The lowest BCUT2D eigenvalue weighted by atomic mass is 10.1. The van der Waals surface area contributed by atoms with E-state index >= 15 is 0 Å². The molecule has 2 aromatic rings. The van der Waals surface area contributed by atoms with E-state index in [2.05, 4.69) is 20.9 Å². The fraction of sp³-hybridized carbons (Fsp3) is 0.316. The second kappa shape index (κ2) is 9.49. The van der Waals surface area contributed by atoms with Gasteiger partial charge < -0.3 is 10.1 Å². The van der Waals surface area contributed by atoms with E-state index in [0.29, 0.717) is 18.0 Å². The van der Waals surface area contributed by atoms with Crippen molar-refractivity contribution in [1.82, 2.24) is 16.2 Å². The Bertz CT molecular complexity index is 934. The van der Waals surface area contributed by atoms with E-state index in [1.807, 2.05) is 30.5 Å². The highest BCUT2D eigenvalue weighted by Gasteiger charge is 2.41. The van der Waals surface area contributed by atoms with Crippen molar-refractivity contribution in [1.29, 1.82) is 0 Å². The summed E-state index contributed by atoms with van der Waals surface area (Å²) in [6.07, 6.45) is 2.00. The zero-order valence-corrected chi connectivity index (χ0v) is 17.8. The van der Waals surface area contributed by atoms with Crippen LogP contribution >= 0.6 is 11.8 Å². The molecule has 0 saturated carbocycles. The zero-order chi connectivity index (χ0) is 20.9. The number of benzene rings is 2. The molecule has 1 aliphatic rings. The topological polar surface area (TPSA) is 109 Å². The third-order valence-electron chi connectivity index (χ3n) is 4.58. The van der Waals surface area contributed by atoms with Gasteiger partial charge in [0.05, 0.1) is 13.0 Å². The van der Waals surface area contributed by atoms with Crippen molar-refractivity contribution < 1.29 is 17.9 Å². The van der Waals surface area contributed by atoms with Crippen molar-refractivity contribution in [3.05, 3.63) is 54.1 Å². The van der Waals surface area contributed by atoms with Crippen LogP contribution in [0.15, 0.2) is 53.4 Å².